The topological polar surface area (TPSA) is 56.1 Å². The molecule has 4 nitrogen and oxygen atoms in total. The zero-order valence-corrected chi connectivity index (χ0v) is 14.0. The van der Waals surface area contributed by atoms with E-state index >= 15 is 0 Å². The van der Waals surface area contributed by atoms with Crippen LogP contribution in [0.5, 0.6) is 0 Å². The van der Waals surface area contributed by atoms with Crippen molar-refractivity contribution < 1.29 is 4.79 Å². The minimum Gasteiger partial charge on any atom is -0.384 e. The summed E-state index contributed by atoms with van der Waals surface area (Å²) in [5.41, 5.74) is 4.55. The lowest BCUT2D eigenvalue weighted by molar-refractivity contribution is 0.101. The Morgan fingerprint density at radius 3 is 2.88 bits per heavy atom. The van der Waals surface area contributed by atoms with Crippen LogP contribution in [0.3, 0.4) is 0 Å². The quantitative estimate of drug-likeness (QED) is 0.871. The Morgan fingerprint density at radius 2 is 2.12 bits per heavy atom. The van der Waals surface area contributed by atoms with E-state index in [2.05, 4.69) is 47.6 Å². The number of para-hydroxylation sites is 1. The Balaban J connectivity index is 1.83. The number of carbonyl (C=O) groups excluding carboxylic acids is 1. The molecule has 0 radical (unpaired) electrons. The van der Waals surface area contributed by atoms with Crippen LogP contribution in [0.15, 0.2) is 42.5 Å². The molecule has 1 N–H and O–H groups in total. The number of Topliss-reactive ketones (excluding diaryl/α,β-unsaturated/α-hetero) is 1. The smallest absolute Gasteiger partial charge is 0.161 e. The Hall–Kier alpha value is -2.80. The molecule has 0 spiro atoms. The average molecular weight is 319 g/mol. The van der Waals surface area contributed by atoms with Gasteiger partial charge in [-0.25, -0.2) is 0 Å². The van der Waals surface area contributed by atoms with Gasteiger partial charge in [0.1, 0.15) is 0 Å². The van der Waals surface area contributed by atoms with E-state index in [0.717, 1.165) is 25.2 Å². The first kappa shape index (κ1) is 16.1. The van der Waals surface area contributed by atoms with Crippen LogP contribution in [0.2, 0.25) is 0 Å². The van der Waals surface area contributed by atoms with Crippen LogP contribution in [-0.4, -0.2) is 25.9 Å². The van der Waals surface area contributed by atoms with Gasteiger partial charge in [0.05, 0.1) is 11.6 Å². The van der Waals surface area contributed by atoms with Gasteiger partial charge in [-0.1, -0.05) is 18.2 Å². The highest BCUT2D eigenvalue weighted by atomic mass is 16.1. The number of nitriles is 1. The molecule has 24 heavy (non-hydrogen) atoms. The van der Waals surface area contributed by atoms with Gasteiger partial charge in [0.25, 0.3) is 0 Å². The predicted octanol–water partition coefficient (Wildman–Crippen LogP) is 3.80. The lowest BCUT2D eigenvalue weighted by Gasteiger charge is -2.33. The Kier molecular flexibility index (Phi) is 4.52. The Labute approximate surface area is 142 Å². The number of fused-ring (bicyclic) bond motifs is 1. The molecule has 0 aliphatic carbocycles. The van der Waals surface area contributed by atoms with Gasteiger partial charge in [0.2, 0.25) is 0 Å². The highest BCUT2D eigenvalue weighted by Crippen LogP contribution is 2.34. The summed E-state index contributed by atoms with van der Waals surface area (Å²) in [4.78, 5) is 14.1. The highest BCUT2D eigenvalue weighted by molar-refractivity contribution is 5.99. The number of nitrogens with zero attached hydrogens (tertiary/aromatic N) is 2. The van der Waals surface area contributed by atoms with Gasteiger partial charge in [0, 0.05) is 43.0 Å². The van der Waals surface area contributed by atoms with Crippen molar-refractivity contribution in [3.8, 4) is 6.07 Å². The van der Waals surface area contributed by atoms with Crippen LogP contribution >= 0.6 is 0 Å². The minimum atomic E-state index is 0.00534. The monoisotopic (exact) mass is 319 g/mol. The molecule has 0 fully saturated rings. The van der Waals surface area contributed by atoms with E-state index in [1.807, 2.05) is 0 Å². The van der Waals surface area contributed by atoms with E-state index in [4.69, 9.17) is 5.26 Å². The molecule has 122 valence electrons. The van der Waals surface area contributed by atoms with Crippen LogP contribution in [0, 0.1) is 11.3 Å². The summed E-state index contributed by atoms with van der Waals surface area (Å²) in [6.45, 7) is 3.32. The minimum absolute atomic E-state index is 0.00534. The van der Waals surface area contributed by atoms with Crippen molar-refractivity contribution in [2.45, 2.75) is 19.3 Å². The van der Waals surface area contributed by atoms with Gasteiger partial charge in [-0.15, -0.1) is 0 Å². The maximum absolute atomic E-state index is 11.8. The first-order valence-electron chi connectivity index (χ1n) is 8.19. The average Bonchev–Trinajstić information content (AvgIpc) is 2.61. The molecule has 1 aliphatic rings. The second kappa shape index (κ2) is 6.76. The summed E-state index contributed by atoms with van der Waals surface area (Å²) < 4.78 is 0. The Bertz CT molecular complexity index is 807. The van der Waals surface area contributed by atoms with Crippen molar-refractivity contribution in [1.29, 1.82) is 5.26 Å². The fraction of sp³-hybridized carbons (Fsp3) is 0.300. The van der Waals surface area contributed by atoms with Gasteiger partial charge in [-0.2, -0.15) is 5.26 Å². The molecule has 0 amide bonds. The molecule has 2 aromatic rings. The summed E-state index contributed by atoms with van der Waals surface area (Å²) in [7, 11) is 2.12. The first-order valence-corrected chi connectivity index (χ1v) is 8.19. The maximum Gasteiger partial charge on any atom is 0.161 e. The van der Waals surface area contributed by atoms with E-state index in [9.17, 15) is 4.79 Å². The molecule has 0 bridgehead atoms. The fourth-order valence-corrected chi connectivity index (χ4v) is 3.32. The van der Waals surface area contributed by atoms with Gasteiger partial charge in [0.15, 0.2) is 5.78 Å². The van der Waals surface area contributed by atoms with E-state index in [0.29, 0.717) is 17.0 Å². The Morgan fingerprint density at radius 1 is 1.33 bits per heavy atom. The number of carbonyl (C=O) groups is 1. The van der Waals surface area contributed by atoms with Gasteiger partial charge >= 0.3 is 0 Å². The molecule has 4 heteroatoms. The summed E-state index contributed by atoms with van der Waals surface area (Å²) in [5, 5.41) is 12.5. The lowest BCUT2D eigenvalue weighted by atomic mass is 9.90. The van der Waals surface area contributed by atoms with Crippen LogP contribution < -0.4 is 10.2 Å². The number of nitrogens with one attached hydrogen (secondary N) is 1. The number of benzene rings is 2. The maximum atomic E-state index is 11.8. The highest BCUT2D eigenvalue weighted by Gasteiger charge is 2.23. The SMILES string of the molecule is CC(=O)c1ccc(C#N)cc1NCC1CCN(C)c2ccccc21. The molecule has 0 saturated carbocycles. The zero-order chi connectivity index (χ0) is 17.1. The molecule has 3 rings (SSSR count). The summed E-state index contributed by atoms with van der Waals surface area (Å²) in [6, 6.07) is 15.8. The third-order valence-corrected chi connectivity index (χ3v) is 4.67. The van der Waals surface area contributed by atoms with Crippen molar-refractivity contribution in [3.63, 3.8) is 0 Å². The third kappa shape index (κ3) is 3.11. The molecular weight excluding hydrogens is 298 g/mol. The van der Waals surface area contributed by atoms with Crippen molar-refractivity contribution in [1.82, 2.24) is 0 Å². The van der Waals surface area contributed by atoms with Crippen molar-refractivity contribution in [2.75, 3.05) is 30.4 Å². The predicted molar refractivity (Wildman–Crippen MR) is 96.7 cm³/mol. The molecule has 1 unspecified atom stereocenters. The molecule has 0 aromatic heterocycles. The van der Waals surface area contributed by atoms with Gasteiger partial charge in [-0.05, 0) is 43.2 Å². The second-order valence-electron chi connectivity index (χ2n) is 6.28. The fourth-order valence-electron chi connectivity index (χ4n) is 3.32. The normalized spacial score (nSPS) is 16.2. The van der Waals surface area contributed by atoms with Crippen LogP contribution in [0.25, 0.3) is 0 Å². The molecule has 0 saturated heterocycles. The first-order chi connectivity index (χ1) is 11.6. The number of anilines is 2. The van der Waals surface area contributed by atoms with E-state index in [-0.39, 0.29) is 5.78 Å². The van der Waals surface area contributed by atoms with Crippen LogP contribution in [0.4, 0.5) is 11.4 Å². The molecular formula is C20H21N3O. The van der Waals surface area contributed by atoms with Crippen LogP contribution in [0.1, 0.15) is 40.7 Å². The lowest BCUT2D eigenvalue weighted by Crippen LogP contribution is -2.30. The van der Waals surface area contributed by atoms with Crippen molar-refractivity contribution in [3.05, 3.63) is 59.2 Å². The zero-order valence-electron chi connectivity index (χ0n) is 14.0. The summed E-state index contributed by atoms with van der Waals surface area (Å²) >= 11 is 0. The largest absolute Gasteiger partial charge is 0.384 e. The number of hydrogen-bond donors (Lipinski definition) is 1. The van der Waals surface area contributed by atoms with Crippen molar-refractivity contribution >= 4 is 17.2 Å². The van der Waals surface area contributed by atoms with Gasteiger partial charge < -0.3 is 10.2 Å². The number of rotatable bonds is 4. The van der Waals surface area contributed by atoms with Crippen molar-refractivity contribution in [2.24, 2.45) is 0 Å². The van der Waals surface area contributed by atoms with Gasteiger partial charge in [-0.3, -0.25) is 4.79 Å². The molecule has 1 aliphatic heterocycles. The summed E-state index contributed by atoms with van der Waals surface area (Å²) in [6.07, 6.45) is 1.06. The standard InChI is InChI=1S/C20H21N3O/c1-14(24)17-8-7-15(12-21)11-19(17)22-13-16-9-10-23(2)20-6-4-3-5-18(16)20/h3-8,11,16,22H,9-10,13H2,1-2H3. The molecule has 2 aromatic carbocycles. The third-order valence-electron chi connectivity index (χ3n) is 4.67. The molecule has 1 heterocycles. The van der Waals surface area contributed by atoms with Crippen LogP contribution in [-0.2, 0) is 0 Å². The van der Waals surface area contributed by atoms with E-state index in [1.54, 1.807) is 25.1 Å². The van der Waals surface area contributed by atoms with E-state index in [1.165, 1.54) is 11.3 Å². The number of ketones is 1. The summed E-state index contributed by atoms with van der Waals surface area (Å²) in [5.74, 6) is 0.397. The molecule has 1 atom stereocenters. The number of hydrogen-bond acceptors (Lipinski definition) is 4. The second-order valence-corrected chi connectivity index (χ2v) is 6.28. The van der Waals surface area contributed by atoms with E-state index < -0.39 is 0 Å².